The molecule has 212 valence electrons. The molecule has 0 radical (unpaired) electrons. The van der Waals surface area contributed by atoms with Gasteiger partial charge in [0, 0.05) is 43.4 Å². The van der Waals surface area contributed by atoms with Gasteiger partial charge in [0.1, 0.15) is 5.82 Å². The number of piperazine rings is 1. The van der Waals surface area contributed by atoms with E-state index in [1.165, 1.54) is 0 Å². The Morgan fingerprint density at radius 3 is 2.54 bits per heavy atom. The predicted molar refractivity (Wildman–Crippen MR) is 158 cm³/mol. The second-order valence-electron chi connectivity index (χ2n) is 11.0. The number of benzene rings is 3. The van der Waals surface area contributed by atoms with Gasteiger partial charge in [-0.3, -0.25) is 9.69 Å². The van der Waals surface area contributed by atoms with Gasteiger partial charge >= 0.3 is 5.97 Å². The number of carbonyl (C=O) groups is 2. The summed E-state index contributed by atoms with van der Waals surface area (Å²) in [6.07, 6.45) is 1.78. The number of carboxylic acids is 1. The van der Waals surface area contributed by atoms with Crippen molar-refractivity contribution < 1.29 is 19.4 Å². The summed E-state index contributed by atoms with van der Waals surface area (Å²) in [6.45, 7) is 6.76. The van der Waals surface area contributed by atoms with Gasteiger partial charge in [-0.1, -0.05) is 35.9 Å². The van der Waals surface area contributed by atoms with Crippen LogP contribution in [0, 0.1) is 6.92 Å². The van der Waals surface area contributed by atoms with E-state index in [9.17, 15) is 14.7 Å². The van der Waals surface area contributed by atoms with E-state index in [0.717, 1.165) is 64.7 Å². The number of aromatic nitrogens is 2. The lowest BCUT2D eigenvalue weighted by Gasteiger charge is -2.35. The van der Waals surface area contributed by atoms with Crippen molar-refractivity contribution in [3.63, 3.8) is 0 Å². The fraction of sp³-hybridized carbons (Fsp3) is 0.344. The highest BCUT2D eigenvalue weighted by atomic mass is 35.5. The van der Waals surface area contributed by atoms with Crippen LogP contribution in [0.1, 0.15) is 49.7 Å². The molecule has 1 amide bonds. The lowest BCUT2D eigenvalue weighted by atomic mass is 10.0. The van der Waals surface area contributed by atoms with Crippen molar-refractivity contribution in [2.45, 2.75) is 39.0 Å². The van der Waals surface area contributed by atoms with Crippen LogP contribution in [-0.2, 0) is 24.2 Å². The number of aryl methyl sites for hydroxylation is 1. The third-order valence-electron chi connectivity index (χ3n) is 8.06. The summed E-state index contributed by atoms with van der Waals surface area (Å²) >= 11 is 6.45. The monoisotopic (exact) mass is 572 g/mol. The minimum Gasteiger partial charge on any atom is -0.478 e. The molecule has 2 aliphatic heterocycles. The van der Waals surface area contributed by atoms with Crippen molar-refractivity contribution in [2.24, 2.45) is 0 Å². The van der Waals surface area contributed by atoms with E-state index < -0.39 is 5.97 Å². The lowest BCUT2D eigenvalue weighted by molar-refractivity contribution is -0.0592. The third kappa shape index (κ3) is 6.00. The van der Waals surface area contributed by atoms with Crippen LogP contribution in [0.2, 0.25) is 5.02 Å². The first-order valence-corrected chi connectivity index (χ1v) is 14.4. The van der Waals surface area contributed by atoms with E-state index in [1.54, 1.807) is 18.2 Å². The number of ether oxygens (including phenoxy) is 1. The van der Waals surface area contributed by atoms with Gasteiger partial charge in [0.15, 0.2) is 0 Å². The molecular weight excluding hydrogens is 540 g/mol. The predicted octanol–water partition coefficient (Wildman–Crippen LogP) is 5.03. The van der Waals surface area contributed by atoms with Crippen LogP contribution in [-0.4, -0.2) is 75.2 Å². The molecule has 4 aromatic rings. The molecule has 1 aromatic heterocycles. The SMILES string of the molecule is Cc1ccc(Cc2cccc(C(=O)N3CCN(Cc4nc5ccc(C(=O)O)cc5n4CC4CCO4)CC3)c2)c(Cl)c1. The number of nitrogens with zero attached hydrogens (tertiary/aromatic N) is 4. The van der Waals surface area contributed by atoms with Crippen molar-refractivity contribution in [1.29, 1.82) is 0 Å². The minimum atomic E-state index is -0.952. The number of carbonyl (C=O) groups excluding carboxylic acids is 1. The standard InChI is InChI=1S/C32H33ClN4O4/c1-21-5-6-23(27(33)15-21)16-22-3-2-4-24(17-22)31(38)36-12-10-35(11-13-36)20-30-34-28-8-7-25(32(39)40)18-29(28)37(30)19-26-9-14-41-26/h2-8,15,17-18,26H,9-14,16,19-20H2,1H3,(H,39,40). The Morgan fingerprint density at radius 1 is 1.02 bits per heavy atom. The molecule has 3 heterocycles. The average molecular weight is 573 g/mol. The first-order chi connectivity index (χ1) is 19.8. The van der Waals surface area contributed by atoms with Crippen molar-refractivity contribution in [3.8, 4) is 0 Å². The van der Waals surface area contributed by atoms with E-state index in [2.05, 4.69) is 15.5 Å². The minimum absolute atomic E-state index is 0.0390. The summed E-state index contributed by atoms with van der Waals surface area (Å²) in [5.41, 5.74) is 5.76. The fourth-order valence-corrected chi connectivity index (χ4v) is 5.89. The molecule has 6 rings (SSSR count). The number of imidazole rings is 1. The summed E-state index contributed by atoms with van der Waals surface area (Å²) < 4.78 is 7.79. The maximum atomic E-state index is 13.4. The molecule has 8 nitrogen and oxygen atoms in total. The number of halogens is 1. The summed E-state index contributed by atoms with van der Waals surface area (Å²) in [6, 6.07) is 19.0. The van der Waals surface area contributed by atoms with Crippen LogP contribution in [0.4, 0.5) is 0 Å². The maximum absolute atomic E-state index is 13.4. The summed E-state index contributed by atoms with van der Waals surface area (Å²) in [5, 5.41) is 10.2. The van der Waals surface area contributed by atoms with E-state index in [-0.39, 0.29) is 17.6 Å². The lowest BCUT2D eigenvalue weighted by Crippen LogP contribution is -2.48. The first kappa shape index (κ1) is 27.4. The molecule has 0 bridgehead atoms. The summed E-state index contributed by atoms with van der Waals surface area (Å²) in [4.78, 5) is 34.1. The van der Waals surface area contributed by atoms with E-state index >= 15 is 0 Å². The molecule has 9 heteroatoms. The van der Waals surface area contributed by atoms with Crippen LogP contribution in [0.5, 0.6) is 0 Å². The number of amides is 1. The van der Waals surface area contributed by atoms with Crippen molar-refractivity contribution >= 4 is 34.5 Å². The molecule has 3 aromatic carbocycles. The highest BCUT2D eigenvalue weighted by Crippen LogP contribution is 2.25. The van der Waals surface area contributed by atoms with Gasteiger partial charge in [0.05, 0.1) is 35.8 Å². The van der Waals surface area contributed by atoms with Gasteiger partial charge < -0.3 is 19.3 Å². The third-order valence-corrected chi connectivity index (χ3v) is 8.41. The Kier molecular flexibility index (Phi) is 7.79. The Morgan fingerprint density at radius 2 is 1.83 bits per heavy atom. The molecule has 2 fully saturated rings. The van der Waals surface area contributed by atoms with Crippen LogP contribution in [0.15, 0.2) is 60.7 Å². The largest absolute Gasteiger partial charge is 0.478 e. The van der Waals surface area contributed by atoms with Crippen LogP contribution in [0.3, 0.4) is 0 Å². The van der Waals surface area contributed by atoms with E-state index in [0.29, 0.717) is 38.2 Å². The zero-order valence-corrected chi connectivity index (χ0v) is 23.8. The molecule has 0 saturated carbocycles. The summed E-state index contributed by atoms with van der Waals surface area (Å²) in [7, 11) is 0. The molecule has 2 saturated heterocycles. The number of hydrogen-bond donors (Lipinski definition) is 1. The van der Waals surface area contributed by atoms with Gasteiger partial charge in [-0.05, 0) is 72.9 Å². The smallest absolute Gasteiger partial charge is 0.335 e. The fourth-order valence-electron chi connectivity index (χ4n) is 5.58. The van der Waals surface area contributed by atoms with Gasteiger partial charge in [-0.2, -0.15) is 0 Å². The first-order valence-electron chi connectivity index (χ1n) is 14.0. The second kappa shape index (κ2) is 11.6. The molecule has 2 aliphatic rings. The van der Waals surface area contributed by atoms with Crippen molar-refractivity contribution in [1.82, 2.24) is 19.4 Å². The Hall–Kier alpha value is -3.72. The highest BCUT2D eigenvalue weighted by molar-refractivity contribution is 6.31. The van der Waals surface area contributed by atoms with E-state index in [1.807, 2.05) is 48.2 Å². The zero-order valence-electron chi connectivity index (χ0n) is 23.1. The Balaban J connectivity index is 1.12. The molecular formula is C32H33ClN4O4. The number of aromatic carboxylic acids is 1. The van der Waals surface area contributed by atoms with Crippen molar-refractivity contribution in [3.05, 3.63) is 99.3 Å². The normalized spacial score (nSPS) is 17.5. The topological polar surface area (TPSA) is 87.9 Å². The Bertz CT molecular complexity index is 1600. The van der Waals surface area contributed by atoms with Gasteiger partial charge in [-0.25, -0.2) is 9.78 Å². The van der Waals surface area contributed by atoms with Gasteiger partial charge in [-0.15, -0.1) is 0 Å². The number of fused-ring (bicyclic) bond motifs is 1. The average Bonchev–Trinajstić information content (AvgIpc) is 3.28. The molecule has 0 aliphatic carbocycles. The Labute approximate surface area is 244 Å². The number of rotatable bonds is 8. The number of carboxylic acid groups (broad SMARTS) is 1. The molecule has 41 heavy (non-hydrogen) atoms. The van der Waals surface area contributed by atoms with Crippen LogP contribution < -0.4 is 0 Å². The second-order valence-corrected chi connectivity index (χ2v) is 11.4. The molecule has 1 unspecified atom stereocenters. The number of hydrogen-bond acceptors (Lipinski definition) is 5. The highest BCUT2D eigenvalue weighted by Gasteiger charge is 2.26. The summed E-state index contributed by atoms with van der Waals surface area (Å²) in [5.74, 6) is -0.0243. The van der Waals surface area contributed by atoms with Crippen molar-refractivity contribution in [2.75, 3.05) is 32.8 Å². The van der Waals surface area contributed by atoms with Crippen LogP contribution in [0.25, 0.3) is 11.0 Å². The van der Waals surface area contributed by atoms with Gasteiger partial charge in [0.25, 0.3) is 5.91 Å². The van der Waals surface area contributed by atoms with E-state index in [4.69, 9.17) is 21.3 Å². The molecule has 0 spiro atoms. The van der Waals surface area contributed by atoms with Gasteiger partial charge in [0.2, 0.25) is 0 Å². The van der Waals surface area contributed by atoms with Crippen LogP contribution >= 0.6 is 11.6 Å². The molecule has 1 N–H and O–H groups in total. The molecule has 1 atom stereocenters. The zero-order chi connectivity index (χ0) is 28.5. The quantitative estimate of drug-likeness (QED) is 0.318. The maximum Gasteiger partial charge on any atom is 0.335 e.